The zero-order chi connectivity index (χ0) is 16.2. The zero-order valence-electron chi connectivity index (χ0n) is 12.6. The topological polar surface area (TPSA) is 69.6 Å². The van der Waals surface area contributed by atoms with Gasteiger partial charge in [-0.15, -0.1) is 11.8 Å². The van der Waals surface area contributed by atoms with Crippen molar-refractivity contribution in [1.82, 2.24) is 5.32 Å². The first-order valence-electron chi connectivity index (χ1n) is 6.88. The van der Waals surface area contributed by atoms with Gasteiger partial charge in [0, 0.05) is 11.4 Å². The fourth-order valence-electron chi connectivity index (χ4n) is 2.14. The molecule has 0 aliphatic carbocycles. The molecular formula is C16H20NO3PS. The van der Waals surface area contributed by atoms with E-state index in [1.54, 1.807) is 23.9 Å². The molecule has 118 valence electrons. The number of aryl methyl sites for hydroxylation is 1. The van der Waals surface area contributed by atoms with Crippen LogP contribution in [-0.4, -0.2) is 16.0 Å². The zero-order valence-corrected chi connectivity index (χ0v) is 14.3. The summed E-state index contributed by atoms with van der Waals surface area (Å²) >= 11 is 1.59. The van der Waals surface area contributed by atoms with Crippen molar-refractivity contribution in [3.63, 3.8) is 0 Å². The van der Waals surface area contributed by atoms with E-state index in [-0.39, 0.29) is 0 Å². The summed E-state index contributed by atoms with van der Waals surface area (Å²) in [4.78, 5) is 20.3. The molecule has 2 aromatic carbocycles. The Balaban J connectivity index is 2.15. The lowest BCUT2D eigenvalue weighted by molar-refractivity contribution is 0.347. The van der Waals surface area contributed by atoms with Gasteiger partial charge in [0.2, 0.25) is 0 Å². The van der Waals surface area contributed by atoms with Gasteiger partial charge in [-0.25, -0.2) is 0 Å². The molecule has 0 saturated carbocycles. The molecule has 4 nitrogen and oxygen atoms in total. The van der Waals surface area contributed by atoms with Crippen molar-refractivity contribution in [1.29, 1.82) is 0 Å². The molecule has 0 radical (unpaired) electrons. The molecule has 0 bridgehead atoms. The van der Waals surface area contributed by atoms with Gasteiger partial charge in [0.1, 0.15) is 5.78 Å². The van der Waals surface area contributed by atoms with Crippen molar-refractivity contribution in [2.24, 2.45) is 0 Å². The Hall–Kier alpha value is -1.10. The van der Waals surface area contributed by atoms with E-state index >= 15 is 0 Å². The molecule has 1 atom stereocenters. The van der Waals surface area contributed by atoms with Gasteiger partial charge in [0.15, 0.2) is 0 Å². The minimum atomic E-state index is -4.29. The number of benzene rings is 2. The molecule has 3 N–H and O–H groups in total. The lowest BCUT2D eigenvalue weighted by atomic mass is 10.1. The van der Waals surface area contributed by atoms with Crippen molar-refractivity contribution in [3.05, 3.63) is 65.2 Å². The predicted molar refractivity (Wildman–Crippen MR) is 91.0 cm³/mol. The fraction of sp³-hybridized carbons (Fsp3) is 0.250. The molecule has 0 aliphatic rings. The van der Waals surface area contributed by atoms with Crippen LogP contribution in [0.5, 0.6) is 0 Å². The van der Waals surface area contributed by atoms with Crippen molar-refractivity contribution in [3.8, 4) is 0 Å². The molecule has 0 aliphatic heterocycles. The van der Waals surface area contributed by atoms with E-state index in [2.05, 4.69) is 5.32 Å². The molecule has 2 rings (SSSR count). The Labute approximate surface area is 135 Å². The van der Waals surface area contributed by atoms with Crippen LogP contribution < -0.4 is 5.32 Å². The average Bonchev–Trinajstić information content (AvgIpc) is 2.49. The van der Waals surface area contributed by atoms with Crippen LogP contribution in [0.3, 0.4) is 0 Å². The Bertz CT molecular complexity index is 652. The summed E-state index contributed by atoms with van der Waals surface area (Å²) in [5.74, 6) is -0.996. The van der Waals surface area contributed by atoms with Gasteiger partial charge in [-0.2, -0.15) is 0 Å². The van der Waals surface area contributed by atoms with E-state index in [0.29, 0.717) is 12.1 Å². The van der Waals surface area contributed by atoms with Crippen LogP contribution >= 0.6 is 19.4 Å². The molecular weight excluding hydrogens is 317 g/mol. The second-order valence-corrected chi connectivity index (χ2v) is 7.71. The van der Waals surface area contributed by atoms with Gasteiger partial charge < -0.3 is 9.79 Å². The van der Waals surface area contributed by atoms with Crippen LogP contribution in [-0.2, 0) is 11.1 Å². The maximum Gasteiger partial charge on any atom is 0.346 e. The minimum absolute atomic E-state index is 0.403. The SMILES string of the molecule is CSc1ccc([C@H](NCc2ccc(C)cc2)P(=O)(O)O)cc1. The highest BCUT2D eigenvalue weighted by molar-refractivity contribution is 7.98. The van der Waals surface area contributed by atoms with Crippen LogP contribution in [0.2, 0.25) is 0 Å². The molecule has 0 amide bonds. The normalized spacial score (nSPS) is 13.1. The third-order valence-electron chi connectivity index (χ3n) is 3.39. The molecule has 0 saturated heterocycles. The largest absolute Gasteiger partial charge is 0.346 e. The Kier molecular flexibility index (Phi) is 5.84. The first-order chi connectivity index (χ1) is 10.4. The van der Waals surface area contributed by atoms with Crippen LogP contribution in [0.25, 0.3) is 0 Å². The Morgan fingerprint density at radius 1 is 1.09 bits per heavy atom. The van der Waals surface area contributed by atoms with Crippen molar-refractivity contribution < 1.29 is 14.4 Å². The highest BCUT2D eigenvalue weighted by Crippen LogP contribution is 2.50. The van der Waals surface area contributed by atoms with Crippen molar-refractivity contribution in [2.75, 3.05) is 6.26 Å². The van der Waals surface area contributed by atoms with E-state index in [9.17, 15) is 14.4 Å². The molecule has 0 unspecified atom stereocenters. The second kappa shape index (κ2) is 7.44. The lowest BCUT2D eigenvalue weighted by Gasteiger charge is -2.20. The van der Waals surface area contributed by atoms with Gasteiger partial charge in [0.05, 0.1) is 0 Å². The molecule has 6 heteroatoms. The number of rotatable bonds is 6. The van der Waals surface area contributed by atoms with E-state index in [1.165, 1.54) is 0 Å². The van der Waals surface area contributed by atoms with Crippen LogP contribution in [0.15, 0.2) is 53.4 Å². The summed E-state index contributed by atoms with van der Waals surface area (Å²) in [7, 11) is -4.29. The first-order valence-corrected chi connectivity index (χ1v) is 9.79. The molecule has 2 aromatic rings. The van der Waals surface area contributed by atoms with Gasteiger partial charge in [0.25, 0.3) is 0 Å². The summed E-state index contributed by atoms with van der Waals surface area (Å²) in [6.07, 6.45) is 1.96. The second-order valence-electron chi connectivity index (χ2n) is 5.13. The number of nitrogens with one attached hydrogen (secondary N) is 1. The Morgan fingerprint density at radius 2 is 1.68 bits per heavy atom. The van der Waals surface area contributed by atoms with Gasteiger partial charge in [-0.1, -0.05) is 42.0 Å². The van der Waals surface area contributed by atoms with E-state index < -0.39 is 13.4 Å². The third kappa shape index (κ3) is 4.70. The quantitative estimate of drug-likeness (QED) is 0.554. The number of hydrogen-bond donors (Lipinski definition) is 3. The van der Waals surface area contributed by atoms with Gasteiger partial charge >= 0.3 is 7.60 Å². The summed E-state index contributed by atoms with van der Waals surface area (Å²) < 4.78 is 11.8. The van der Waals surface area contributed by atoms with Crippen LogP contribution in [0.4, 0.5) is 0 Å². The number of hydrogen-bond acceptors (Lipinski definition) is 3. The standard InChI is InChI=1S/C16H20NO3PS/c1-12-3-5-13(6-4-12)11-17-16(21(18,19)20)14-7-9-15(22-2)10-8-14/h3-10,16-17H,11H2,1-2H3,(H2,18,19,20)/t16-/m1/s1. The smallest absolute Gasteiger partial charge is 0.323 e. The van der Waals surface area contributed by atoms with Crippen molar-refractivity contribution in [2.45, 2.75) is 24.1 Å². The maximum atomic E-state index is 11.8. The fourth-order valence-corrected chi connectivity index (χ4v) is 3.44. The van der Waals surface area contributed by atoms with Gasteiger partial charge in [-0.3, -0.25) is 9.88 Å². The minimum Gasteiger partial charge on any atom is -0.323 e. The summed E-state index contributed by atoms with van der Waals surface area (Å²) in [6.45, 7) is 2.41. The van der Waals surface area contributed by atoms with Crippen LogP contribution in [0.1, 0.15) is 22.5 Å². The average molecular weight is 337 g/mol. The molecule has 0 heterocycles. The molecule has 0 spiro atoms. The summed E-state index contributed by atoms with van der Waals surface area (Å²) in [5, 5.41) is 2.98. The predicted octanol–water partition coefficient (Wildman–Crippen LogP) is 3.68. The third-order valence-corrected chi connectivity index (χ3v) is 5.29. The van der Waals surface area contributed by atoms with Gasteiger partial charge in [-0.05, 0) is 36.4 Å². The molecule has 0 fully saturated rings. The first kappa shape index (κ1) is 17.3. The monoisotopic (exact) mass is 337 g/mol. The maximum absolute atomic E-state index is 11.8. The van der Waals surface area contributed by atoms with Crippen molar-refractivity contribution >= 4 is 19.4 Å². The highest BCUT2D eigenvalue weighted by Gasteiger charge is 2.29. The van der Waals surface area contributed by atoms with E-state index in [1.807, 2.05) is 49.6 Å². The molecule has 0 aromatic heterocycles. The highest BCUT2D eigenvalue weighted by atomic mass is 32.2. The number of thioether (sulfide) groups is 1. The van der Waals surface area contributed by atoms with E-state index in [4.69, 9.17) is 0 Å². The summed E-state index contributed by atoms with van der Waals surface area (Å²) in [5.41, 5.74) is 2.74. The van der Waals surface area contributed by atoms with E-state index in [0.717, 1.165) is 16.0 Å². The molecule has 22 heavy (non-hydrogen) atoms. The lowest BCUT2D eigenvalue weighted by Crippen LogP contribution is -2.21. The van der Waals surface area contributed by atoms with Crippen LogP contribution in [0, 0.1) is 6.92 Å². The Morgan fingerprint density at radius 3 is 2.18 bits per heavy atom. The summed E-state index contributed by atoms with van der Waals surface area (Å²) in [6, 6.07) is 15.1.